The van der Waals surface area contributed by atoms with Crippen molar-refractivity contribution in [2.24, 2.45) is 0 Å². The van der Waals surface area contributed by atoms with E-state index in [0.717, 1.165) is 13.0 Å². The van der Waals surface area contributed by atoms with Gasteiger partial charge in [0.2, 0.25) is 5.91 Å². The Balaban J connectivity index is 1.73. The quantitative estimate of drug-likeness (QED) is 0.439. The van der Waals surface area contributed by atoms with E-state index < -0.39 is 0 Å². The van der Waals surface area contributed by atoms with E-state index in [2.05, 4.69) is 15.2 Å². The molecule has 0 spiro atoms. The second-order valence-corrected chi connectivity index (χ2v) is 7.61. The van der Waals surface area contributed by atoms with Gasteiger partial charge in [0.15, 0.2) is 5.16 Å². The number of carbonyl (C=O) groups excluding carboxylic acids is 1. The minimum atomic E-state index is -0.136. The maximum atomic E-state index is 12.9. The summed E-state index contributed by atoms with van der Waals surface area (Å²) in [7, 11) is 4.00. The number of carbonyl (C=O) groups is 1. The average Bonchev–Trinajstić information content (AvgIpc) is 3.20. The molecular weight excluding hydrogens is 376 g/mol. The van der Waals surface area contributed by atoms with Crippen molar-refractivity contribution in [1.29, 1.82) is 0 Å². The molecule has 148 valence electrons. The smallest absolute Gasteiger partial charge is 0.262 e. The number of aromatic nitrogens is 2. The van der Waals surface area contributed by atoms with Crippen molar-refractivity contribution in [3.63, 3.8) is 0 Å². The second kappa shape index (κ2) is 9.57. The number of fused-ring (bicyclic) bond motifs is 1. The zero-order chi connectivity index (χ0) is 19.9. The van der Waals surface area contributed by atoms with Gasteiger partial charge < -0.3 is 14.6 Å². The Kier molecular flexibility index (Phi) is 6.89. The van der Waals surface area contributed by atoms with E-state index in [1.165, 1.54) is 11.8 Å². The molecule has 2 aromatic heterocycles. The van der Waals surface area contributed by atoms with Gasteiger partial charge in [-0.2, -0.15) is 0 Å². The van der Waals surface area contributed by atoms with Gasteiger partial charge in [-0.25, -0.2) is 4.98 Å². The van der Waals surface area contributed by atoms with Crippen LogP contribution in [0.25, 0.3) is 10.9 Å². The highest BCUT2D eigenvalue weighted by Gasteiger charge is 2.13. The molecule has 0 bridgehead atoms. The first kappa shape index (κ1) is 20.2. The van der Waals surface area contributed by atoms with Crippen LogP contribution in [0.4, 0.5) is 0 Å². The first-order valence-corrected chi connectivity index (χ1v) is 10.1. The molecule has 0 aliphatic heterocycles. The molecule has 28 heavy (non-hydrogen) atoms. The Morgan fingerprint density at radius 3 is 2.82 bits per heavy atom. The molecule has 3 aromatic rings. The average molecular weight is 401 g/mol. The zero-order valence-electron chi connectivity index (χ0n) is 16.1. The lowest BCUT2D eigenvalue weighted by Crippen LogP contribution is -2.27. The molecule has 8 heteroatoms. The third-order valence-corrected chi connectivity index (χ3v) is 5.16. The Morgan fingerprint density at radius 2 is 2.07 bits per heavy atom. The van der Waals surface area contributed by atoms with Crippen molar-refractivity contribution < 1.29 is 9.21 Å². The predicted molar refractivity (Wildman–Crippen MR) is 110 cm³/mol. The van der Waals surface area contributed by atoms with E-state index >= 15 is 0 Å². The fourth-order valence-corrected chi connectivity index (χ4v) is 3.64. The van der Waals surface area contributed by atoms with Crippen LogP contribution in [-0.2, 0) is 17.9 Å². The normalized spacial score (nSPS) is 11.2. The van der Waals surface area contributed by atoms with E-state index in [9.17, 15) is 9.59 Å². The van der Waals surface area contributed by atoms with Crippen LogP contribution >= 0.6 is 11.8 Å². The Morgan fingerprint density at radius 1 is 1.25 bits per heavy atom. The van der Waals surface area contributed by atoms with Gasteiger partial charge in [0.05, 0.1) is 29.5 Å². The highest BCUT2D eigenvalue weighted by Crippen LogP contribution is 2.18. The van der Waals surface area contributed by atoms with Gasteiger partial charge in [0.25, 0.3) is 5.56 Å². The van der Waals surface area contributed by atoms with E-state index in [1.807, 2.05) is 32.3 Å². The highest BCUT2D eigenvalue weighted by molar-refractivity contribution is 7.99. The standard InChI is InChI=1S/C20H24N4O3S/c1-23(2)10-6-11-24-19(26)16-8-3-4-9-17(16)22-20(24)28-14-18(25)21-13-15-7-5-12-27-15/h3-5,7-9,12H,6,10-11,13-14H2,1-2H3,(H,21,25). The lowest BCUT2D eigenvalue weighted by Gasteiger charge is -2.14. The van der Waals surface area contributed by atoms with Crippen LogP contribution < -0.4 is 10.9 Å². The summed E-state index contributed by atoms with van der Waals surface area (Å²) in [6, 6.07) is 10.9. The summed E-state index contributed by atoms with van der Waals surface area (Å²) in [6.45, 7) is 1.77. The fourth-order valence-electron chi connectivity index (χ4n) is 2.78. The first-order valence-electron chi connectivity index (χ1n) is 9.11. The Hall–Kier alpha value is -2.58. The third-order valence-electron chi connectivity index (χ3n) is 4.19. The Labute approximate surface area is 167 Å². The van der Waals surface area contributed by atoms with Crippen molar-refractivity contribution in [3.8, 4) is 0 Å². The summed E-state index contributed by atoms with van der Waals surface area (Å²) in [4.78, 5) is 31.8. The molecule has 0 aliphatic rings. The summed E-state index contributed by atoms with van der Waals surface area (Å²) in [5.74, 6) is 0.741. The maximum Gasteiger partial charge on any atom is 0.262 e. The summed E-state index contributed by atoms with van der Waals surface area (Å²) < 4.78 is 6.89. The minimum absolute atomic E-state index is 0.0668. The molecule has 3 rings (SSSR count). The molecule has 1 amide bonds. The molecule has 7 nitrogen and oxygen atoms in total. The number of hydrogen-bond acceptors (Lipinski definition) is 6. The van der Waals surface area contributed by atoms with Crippen LogP contribution in [0.3, 0.4) is 0 Å². The predicted octanol–water partition coefficient (Wildman–Crippen LogP) is 2.35. The van der Waals surface area contributed by atoms with Gasteiger partial charge >= 0.3 is 0 Å². The van der Waals surface area contributed by atoms with Crippen molar-refractivity contribution >= 4 is 28.6 Å². The topological polar surface area (TPSA) is 80.4 Å². The molecule has 0 aliphatic carbocycles. The lowest BCUT2D eigenvalue weighted by molar-refractivity contribution is -0.118. The van der Waals surface area contributed by atoms with Crippen LogP contribution in [0.5, 0.6) is 0 Å². The molecule has 0 radical (unpaired) electrons. The largest absolute Gasteiger partial charge is 0.467 e. The number of nitrogens with one attached hydrogen (secondary N) is 1. The highest BCUT2D eigenvalue weighted by atomic mass is 32.2. The second-order valence-electron chi connectivity index (χ2n) is 6.67. The number of thioether (sulfide) groups is 1. The fraction of sp³-hybridized carbons (Fsp3) is 0.350. The van der Waals surface area contributed by atoms with Gasteiger partial charge in [-0.3, -0.25) is 14.2 Å². The van der Waals surface area contributed by atoms with Crippen LogP contribution in [-0.4, -0.2) is 46.8 Å². The molecule has 1 aromatic carbocycles. The van der Waals surface area contributed by atoms with Gasteiger partial charge in [-0.05, 0) is 51.3 Å². The van der Waals surface area contributed by atoms with Crippen molar-refractivity contribution in [2.45, 2.75) is 24.7 Å². The molecule has 1 N–H and O–H groups in total. The minimum Gasteiger partial charge on any atom is -0.467 e. The SMILES string of the molecule is CN(C)CCCn1c(SCC(=O)NCc2ccco2)nc2ccccc2c1=O. The third kappa shape index (κ3) is 5.24. The van der Waals surface area contributed by atoms with Crippen molar-refractivity contribution in [3.05, 3.63) is 58.8 Å². The summed E-state index contributed by atoms with van der Waals surface area (Å²) >= 11 is 1.28. The van der Waals surface area contributed by atoms with Crippen molar-refractivity contribution in [1.82, 2.24) is 19.8 Å². The van der Waals surface area contributed by atoms with E-state index in [4.69, 9.17) is 4.42 Å². The number of para-hydroxylation sites is 1. The van der Waals surface area contributed by atoms with E-state index in [1.54, 1.807) is 29.0 Å². The van der Waals surface area contributed by atoms with Crippen LogP contribution in [0.1, 0.15) is 12.2 Å². The van der Waals surface area contributed by atoms with Gasteiger partial charge in [-0.1, -0.05) is 23.9 Å². The molecule has 0 saturated heterocycles. The first-order chi connectivity index (χ1) is 13.5. The van der Waals surface area contributed by atoms with E-state index in [0.29, 0.717) is 34.9 Å². The number of furan rings is 1. The molecule has 0 atom stereocenters. The number of amides is 1. The molecule has 2 heterocycles. The molecule has 0 fully saturated rings. The molecular formula is C20H24N4O3S. The number of hydrogen-bond donors (Lipinski definition) is 1. The van der Waals surface area contributed by atoms with Gasteiger partial charge in [0, 0.05) is 6.54 Å². The summed E-state index contributed by atoms with van der Waals surface area (Å²) in [5, 5.41) is 3.97. The van der Waals surface area contributed by atoms with Gasteiger partial charge in [-0.15, -0.1) is 0 Å². The number of nitrogens with zero attached hydrogens (tertiary/aromatic N) is 3. The van der Waals surface area contributed by atoms with Crippen LogP contribution in [0.2, 0.25) is 0 Å². The van der Waals surface area contributed by atoms with Gasteiger partial charge in [0.1, 0.15) is 5.76 Å². The number of rotatable bonds is 9. The Bertz CT molecular complexity index is 983. The summed E-state index contributed by atoms with van der Waals surface area (Å²) in [6.07, 6.45) is 2.40. The maximum absolute atomic E-state index is 12.9. The monoisotopic (exact) mass is 400 g/mol. The lowest BCUT2D eigenvalue weighted by atomic mass is 10.2. The zero-order valence-corrected chi connectivity index (χ0v) is 16.9. The summed E-state index contributed by atoms with van der Waals surface area (Å²) in [5.41, 5.74) is 0.581. The van der Waals surface area contributed by atoms with Crippen LogP contribution in [0.15, 0.2) is 57.0 Å². The van der Waals surface area contributed by atoms with Crippen molar-refractivity contribution in [2.75, 3.05) is 26.4 Å². The van der Waals surface area contributed by atoms with Crippen LogP contribution in [0, 0.1) is 0 Å². The molecule has 0 saturated carbocycles. The van der Waals surface area contributed by atoms with E-state index in [-0.39, 0.29) is 17.2 Å². The molecule has 0 unspecified atom stereocenters. The number of benzene rings is 1.